The number of hydrogen-bond acceptors (Lipinski definition) is 6. The summed E-state index contributed by atoms with van der Waals surface area (Å²) in [4.78, 5) is 6.90. The Morgan fingerprint density at radius 1 is 1.13 bits per heavy atom. The molecule has 0 bridgehead atoms. The predicted molar refractivity (Wildman–Crippen MR) is 115 cm³/mol. The van der Waals surface area contributed by atoms with Crippen molar-refractivity contribution < 1.29 is 9.13 Å². The summed E-state index contributed by atoms with van der Waals surface area (Å²) < 4.78 is 20.1. The zero-order valence-electron chi connectivity index (χ0n) is 17.3. The fraction of sp³-hybridized carbons (Fsp3) is 0.304. The summed E-state index contributed by atoms with van der Waals surface area (Å²) in [6.07, 6.45) is 1.91. The lowest BCUT2D eigenvalue weighted by atomic mass is 10.0. The van der Waals surface area contributed by atoms with E-state index in [1.54, 1.807) is 6.07 Å². The number of aromatic nitrogens is 5. The zero-order chi connectivity index (χ0) is 21.2. The minimum atomic E-state index is -0.280. The Bertz CT molecular complexity index is 1190. The zero-order valence-corrected chi connectivity index (χ0v) is 17.3. The number of tetrazole rings is 1. The van der Waals surface area contributed by atoms with Gasteiger partial charge in [0.05, 0.1) is 5.52 Å². The Morgan fingerprint density at radius 2 is 1.97 bits per heavy atom. The van der Waals surface area contributed by atoms with E-state index in [1.165, 1.54) is 17.7 Å². The average Bonchev–Trinajstić information content (AvgIpc) is 3.31. The molecule has 8 heteroatoms. The second-order valence-electron chi connectivity index (χ2n) is 7.91. The van der Waals surface area contributed by atoms with Crippen LogP contribution in [0.1, 0.15) is 24.1 Å². The van der Waals surface area contributed by atoms with E-state index in [1.807, 2.05) is 31.2 Å². The number of benzene rings is 2. The largest absolute Gasteiger partial charge is 0.490 e. The summed E-state index contributed by atoms with van der Waals surface area (Å²) in [5.41, 5.74) is 3.79. The summed E-state index contributed by atoms with van der Waals surface area (Å²) in [7, 11) is 0. The molecule has 0 amide bonds. The van der Waals surface area contributed by atoms with Crippen molar-refractivity contribution in [3.63, 3.8) is 0 Å². The van der Waals surface area contributed by atoms with Gasteiger partial charge in [-0.3, -0.25) is 9.88 Å². The highest BCUT2D eigenvalue weighted by molar-refractivity contribution is 5.85. The molecular formula is C23H23FN6O. The molecule has 1 saturated heterocycles. The molecule has 0 unspecified atom stereocenters. The van der Waals surface area contributed by atoms with Gasteiger partial charge in [0.1, 0.15) is 17.7 Å². The third-order valence-corrected chi connectivity index (χ3v) is 5.69. The van der Waals surface area contributed by atoms with Crippen molar-refractivity contribution in [3.05, 3.63) is 65.6 Å². The molecule has 1 N–H and O–H groups in total. The maximum Gasteiger partial charge on any atom is 0.204 e. The van der Waals surface area contributed by atoms with Crippen molar-refractivity contribution in [3.8, 4) is 17.1 Å². The van der Waals surface area contributed by atoms with Crippen LogP contribution in [0.4, 0.5) is 4.39 Å². The molecule has 0 aliphatic carbocycles. The second kappa shape index (κ2) is 8.39. The van der Waals surface area contributed by atoms with Crippen molar-refractivity contribution >= 4 is 10.9 Å². The molecule has 2 aromatic heterocycles. The van der Waals surface area contributed by atoms with Crippen LogP contribution in [0, 0.1) is 12.7 Å². The van der Waals surface area contributed by atoms with Gasteiger partial charge in [0.25, 0.3) is 0 Å². The van der Waals surface area contributed by atoms with Crippen LogP contribution in [-0.2, 0) is 6.54 Å². The van der Waals surface area contributed by atoms with Crippen LogP contribution in [0.3, 0.4) is 0 Å². The van der Waals surface area contributed by atoms with Crippen molar-refractivity contribution in [1.29, 1.82) is 0 Å². The van der Waals surface area contributed by atoms with Gasteiger partial charge in [-0.2, -0.15) is 5.21 Å². The van der Waals surface area contributed by atoms with E-state index >= 15 is 0 Å². The summed E-state index contributed by atoms with van der Waals surface area (Å²) in [6.45, 7) is 4.59. The Morgan fingerprint density at radius 3 is 2.77 bits per heavy atom. The average molecular weight is 418 g/mol. The maximum absolute atomic E-state index is 13.8. The van der Waals surface area contributed by atoms with Crippen LogP contribution in [-0.4, -0.2) is 49.7 Å². The first-order chi connectivity index (χ1) is 15.2. The lowest BCUT2D eigenvalue weighted by Crippen LogP contribution is -2.38. The van der Waals surface area contributed by atoms with E-state index < -0.39 is 0 Å². The molecule has 1 aliphatic heterocycles. The Balaban J connectivity index is 1.26. The van der Waals surface area contributed by atoms with Crippen molar-refractivity contribution in [2.24, 2.45) is 0 Å². The van der Waals surface area contributed by atoms with Gasteiger partial charge < -0.3 is 4.74 Å². The molecule has 1 aliphatic rings. The van der Waals surface area contributed by atoms with Crippen molar-refractivity contribution in [2.75, 3.05) is 13.1 Å². The SMILES string of the molecule is Cc1cc(OC2CCN(Cc3ccccc3-c3nn[nH]n3)CC2)c2cc(F)ccc2n1. The van der Waals surface area contributed by atoms with Gasteiger partial charge in [0.2, 0.25) is 5.82 Å². The van der Waals surface area contributed by atoms with Gasteiger partial charge in [-0.1, -0.05) is 24.3 Å². The first kappa shape index (κ1) is 19.6. The maximum atomic E-state index is 13.8. The van der Waals surface area contributed by atoms with E-state index in [9.17, 15) is 4.39 Å². The van der Waals surface area contributed by atoms with Crippen LogP contribution in [0.2, 0.25) is 0 Å². The minimum Gasteiger partial charge on any atom is -0.490 e. The number of nitrogens with zero attached hydrogens (tertiary/aromatic N) is 5. The number of hydrogen-bond donors (Lipinski definition) is 1. The first-order valence-electron chi connectivity index (χ1n) is 10.4. The predicted octanol–water partition coefficient (Wildman–Crippen LogP) is 3.91. The molecule has 7 nitrogen and oxygen atoms in total. The van der Waals surface area contributed by atoms with Gasteiger partial charge in [-0.05, 0) is 48.7 Å². The number of aryl methyl sites for hydroxylation is 1. The number of H-pyrrole nitrogens is 1. The summed E-state index contributed by atoms with van der Waals surface area (Å²) >= 11 is 0. The molecule has 0 atom stereocenters. The van der Waals surface area contributed by atoms with E-state index in [-0.39, 0.29) is 11.9 Å². The number of rotatable bonds is 5. The van der Waals surface area contributed by atoms with E-state index in [0.717, 1.165) is 54.6 Å². The molecule has 5 rings (SSSR count). The fourth-order valence-corrected chi connectivity index (χ4v) is 4.15. The van der Waals surface area contributed by atoms with E-state index in [0.29, 0.717) is 11.6 Å². The molecule has 4 aromatic rings. The van der Waals surface area contributed by atoms with Crippen LogP contribution in [0.5, 0.6) is 5.75 Å². The smallest absolute Gasteiger partial charge is 0.204 e. The molecular weight excluding hydrogens is 395 g/mol. The molecule has 0 spiro atoms. The molecule has 31 heavy (non-hydrogen) atoms. The third kappa shape index (κ3) is 4.25. The van der Waals surface area contributed by atoms with Crippen LogP contribution in [0.25, 0.3) is 22.3 Å². The van der Waals surface area contributed by atoms with Gasteiger partial charge in [0.15, 0.2) is 0 Å². The van der Waals surface area contributed by atoms with E-state index in [4.69, 9.17) is 4.74 Å². The van der Waals surface area contributed by atoms with Gasteiger partial charge in [0, 0.05) is 42.3 Å². The topological polar surface area (TPSA) is 79.8 Å². The number of piperidine rings is 1. The Hall–Kier alpha value is -3.39. The summed E-state index contributed by atoms with van der Waals surface area (Å²) in [5.74, 6) is 1.04. The molecule has 158 valence electrons. The monoisotopic (exact) mass is 418 g/mol. The Kier molecular flexibility index (Phi) is 5.30. The van der Waals surface area contributed by atoms with Gasteiger partial charge in [-0.25, -0.2) is 4.39 Å². The number of ether oxygens (including phenoxy) is 1. The first-order valence-corrected chi connectivity index (χ1v) is 10.4. The number of likely N-dealkylation sites (tertiary alicyclic amines) is 1. The summed E-state index contributed by atoms with van der Waals surface area (Å²) in [5, 5.41) is 15.2. The van der Waals surface area contributed by atoms with Crippen molar-refractivity contribution in [2.45, 2.75) is 32.4 Å². The quantitative estimate of drug-likeness (QED) is 0.529. The van der Waals surface area contributed by atoms with E-state index in [2.05, 4.69) is 36.6 Å². The minimum absolute atomic E-state index is 0.0944. The van der Waals surface area contributed by atoms with Gasteiger partial charge >= 0.3 is 0 Å². The molecule has 1 fully saturated rings. The van der Waals surface area contributed by atoms with Crippen LogP contribution in [0.15, 0.2) is 48.5 Å². The lowest BCUT2D eigenvalue weighted by Gasteiger charge is -2.32. The van der Waals surface area contributed by atoms with Gasteiger partial charge in [-0.15, -0.1) is 10.2 Å². The Labute approximate surface area is 179 Å². The summed E-state index contributed by atoms with van der Waals surface area (Å²) in [6, 6.07) is 14.7. The molecule has 0 saturated carbocycles. The second-order valence-corrected chi connectivity index (χ2v) is 7.91. The highest BCUT2D eigenvalue weighted by atomic mass is 19.1. The normalized spacial score (nSPS) is 15.4. The highest BCUT2D eigenvalue weighted by Crippen LogP contribution is 2.29. The molecule has 3 heterocycles. The fourth-order valence-electron chi connectivity index (χ4n) is 4.15. The van der Waals surface area contributed by atoms with Crippen LogP contribution < -0.4 is 4.74 Å². The number of pyridine rings is 1. The standard InChI is InChI=1S/C23H23FN6O/c1-15-12-22(20-13-17(24)6-7-21(20)25-15)31-18-8-10-30(11-9-18)14-16-4-2-3-5-19(16)23-26-28-29-27-23/h2-7,12-13,18H,8-11,14H2,1H3,(H,26,27,28,29). The molecule has 2 aromatic carbocycles. The van der Waals surface area contributed by atoms with Crippen LogP contribution >= 0.6 is 0 Å². The lowest BCUT2D eigenvalue weighted by molar-refractivity contribution is 0.0979. The molecule has 0 radical (unpaired) electrons. The van der Waals surface area contributed by atoms with Crippen molar-refractivity contribution in [1.82, 2.24) is 30.5 Å². The number of halogens is 1. The number of aromatic amines is 1. The number of fused-ring (bicyclic) bond motifs is 1. The highest BCUT2D eigenvalue weighted by Gasteiger charge is 2.23. The third-order valence-electron chi connectivity index (χ3n) is 5.69. The number of nitrogens with one attached hydrogen (secondary N) is 1.